The molecule has 0 fully saturated rings. The van der Waals surface area contributed by atoms with Crippen molar-refractivity contribution in [2.24, 2.45) is 5.73 Å². The van der Waals surface area contributed by atoms with Gasteiger partial charge in [-0.05, 0) is 30.3 Å². The van der Waals surface area contributed by atoms with Crippen molar-refractivity contribution in [3.05, 3.63) is 65.0 Å². The van der Waals surface area contributed by atoms with Gasteiger partial charge >= 0.3 is 0 Å². The zero-order valence-corrected chi connectivity index (χ0v) is 11.0. The van der Waals surface area contributed by atoms with Crippen LogP contribution in [0.2, 0.25) is 0 Å². The Morgan fingerprint density at radius 2 is 1.70 bits per heavy atom. The van der Waals surface area contributed by atoms with Crippen LogP contribution in [0.3, 0.4) is 0 Å². The molecule has 0 bridgehead atoms. The molecular formula is C14H10F3NOS. The molecule has 0 radical (unpaired) electrons. The van der Waals surface area contributed by atoms with Crippen LogP contribution in [0.25, 0.3) is 0 Å². The number of rotatable bonds is 4. The van der Waals surface area contributed by atoms with Gasteiger partial charge in [-0.25, -0.2) is 13.2 Å². The quantitative estimate of drug-likeness (QED) is 0.879. The highest BCUT2D eigenvalue weighted by molar-refractivity contribution is 7.80. The number of ether oxygens (including phenoxy) is 1. The first kappa shape index (κ1) is 14.3. The molecule has 0 heterocycles. The van der Waals surface area contributed by atoms with E-state index in [9.17, 15) is 13.2 Å². The zero-order chi connectivity index (χ0) is 14.7. The predicted octanol–water partition coefficient (Wildman–Crippen LogP) is 3.32. The molecule has 0 atom stereocenters. The molecule has 0 aromatic heterocycles. The van der Waals surface area contributed by atoms with Crippen LogP contribution in [0.15, 0.2) is 36.4 Å². The maximum Gasteiger partial charge on any atom is 0.165 e. The summed E-state index contributed by atoms with van der Waals surface area (Å²) in [5.74, 6) is -2.10. The number of hydrogen-bond acceptors (Lipinski definition) is 2. The van der Waals surface area contributed by atoms with Gasteiger partial charge in [0.05, 0.1) is 0 Å². The lowest BCUT2D eigenvalue weighted by Crippen LogP contribution is -2.14. The van der Waals surface area contributed by atoms with E-state index in [0.717, 1.165) is 18.2 Å². The van der Waals surface area contributed by atoms with Crippen LogP contribution in [0.5, 0.6) is 5.75 Å². The molecule has 0 saturated carbocycles. The summed E-state index contributed by atoms with van der Waals surface area (Å²) in [4.78, 5) is 0.0725. The molecule has 6 heteroatoms. The molecule has 0 unspecified atom stereocenters. The van der Waals surface area contributed by atoms with Crippen molar-refractivity contribution < 1.29 is 17.9 Å². The smallest absolute Gasteiger partial charge is 0.165 e. The lowest BCUT2D eigenvalue weighted by molar-refractivity contribution is 0.288. The molecule has 0 saturated heterocycles. The van der Waals surface area contributed by atoms with E-state index in [-0.39, 0.29) is 17.3 Å². The summed E-state index contributed by atoms with van der Waals surface area (Å²) in [6.45, 7) is -0.176. The first-order chi connectivity index (χ1) is 9.47. The zero-order valence-electron chi connectivity index (χ0n) is 10.2. The highest BCUT2D eigenvalue weighted by Gasteiger charge is 2.10. The second-order valence-electron chi connectivity index (χ2n) is 4.03. The molecular weight excluding hydrogens is 287 g/mol. The van der Waals surface area contributed by atoms with Gasteiger partial charge in [0.1, 0.15) is 23.2 Å². The maximum absolute atomic E-state index is 13.4. The first-order valence-corrected chi connectivity index (χ1v) is 6.04. The number of benzene rings is 2. The SMILES string of the molecule is NC(=S)c1ccc(F)cc1COc1cc(F)ccc1F. The van der Waals surface area contributed by atoms with Crippen molar-refractivity contribution in [2.45, 2.75) is 6.61 Å². The molecule has 0 amide bonds. The van der Waals surface area contributed by atoms with Crippen molar-refractivity contribution in [2.75, 3.05) is 0 Å². The van der Waals surface area contributed by atoms with Crippen LogP contribution >= 0.6 is 12.2 Å². The molecule has 2 aromatic rings. The summed E-state index contributed by atoms with van der Waals surface area (Å²) in [5.41, 5.74) is 6.30. The first-order valence-electron chi connectivity index (χ1n) is 5.63. The van der Waals surface area contributed by atoms with E-state index < -0.39 is 17.5 Å². The van der Waals surface area contributed by atoms with Gasteiger partial charge in [-0.2, -0.15) is 0 Å². The predicted molar refractivity (Wildman–Crippen MR) is 73.0 cm³/mol. The molecule has 2 rings (SSSR count). The molecule has 104 valence electrons. The minimum absolute atomic E-state index is 0.0725. The van der Waals surface area contributed by atoms with Gasteiger partial charge in [-0.3, -0.25) is 0 Å². The van der Waals surface area contributed by atoms with E-state index in [1.807, 2.05) is 0 Å². The fourth-order valence-electron chi connectivity index (χ4n) is 1.67. The standard InChI is InChI=1S/C14H10F3NOS/c15-9-1-3-11(14(18)20)8(5-9)7-19-13-6-10(16)2-4-12(13)17/h1-6H,7H2,(H2,18,20). The Hall–Kier alpha value is -2.08. The fourth-order valence-corrected chi connectivity index (χ4v) is 1.86. The summed E-state index contributed by atoms with van der Waals surface area (Å²) < 4.78 is 44.8. The second kappa shape index (κ2) is 5.92. The monoisotopic (exact) mass is 297 g/mol. The van der Waals surface area contributed by atoms with E-state index in [1.54, 1.807) is 0 Å². The summed E-state index contributed by atoms with van der Waals surface area (Å²) in [6, 6.07) is 6.65. The molecule has 2 N–H and O–H groups in total. The normalized spacial score (nSPS) is 10.3. The second-order valence-corrected chi connectivity index (χ2v) is 4.47. The summed E-state index contributed by atoms with van der Waals surface area (Å²) >= 11 is 4.84. The van der Waals surface area contributed by atoms with Crippen LogP contribution in [0, 0.1) is 17.5 Å². The van der Waals surface area contributed by atoms with Gasteiger partial charge < -0.3 is 10.5 Å². The van der Waals surface area contributed by atoms with Crippen molar-refractivity contribution in [3.63, 3.8) is 0 Å². The van der Waals surface area contributed by atoms with Crippen molar-refractivity contribution in [3.8, 4) is 5.75 Å². The van der Waals surface area contributed by atoms with Gasteiger partial charge in [0, 0.05) is 17.2 Å². The van der Waals surface area contributed by atoms with Gasteiger partial charge in [0.2, 0.25) is 0 Å². The minimum Gasteiger partial charge on any atom is -0.486 e. The Morgan fingerprint density at radius 1 is 1.05 bits per heavy atom. The van der Waals surface area contributed by atoms with Gasteiger partial charge in [0.25, 0.3) is 0 Å². The molecule has 0 spiro atoms. The third-order valence-electron chi connectivity index (χ3n) is 2.61. The van der Waals surface area contributed by atoms with Gasteiger partial charge in [0.15, 0.2) is 11.6 Å². The summed E-state index contributed by atoms with van der Waals surface area (Å²) in [7, 11) is 0. The van der Waals surface area contributed by atoms with Crippen molar-refractivity contribution in [1.29, 1.82) is 0 Å². The van der Waals surface area contributed by atoms with Crippen molar-refractivity contribution >= 4 is 17.2 Å². The lowest BCUT2D eigenvalue weighted by Gasteiger charge is -2.11. The number of thiocarbonyl (C=S) groups is 1. The Balaban J connectivity index is 2.24. The van der Waals surface area contributed by atoms with Crippen LogP contribution in [0.1, 0.15) is 11.1 Å². The largest absolute Gasteiger partial charge is 0.486 e. The van der Waals surface area contributed by atoms with E-state index in [1.165, 1.54) is 18.2 Å². The van der Waals surface area contributed by atoms with E-state index in [4.69, 9.17) is 22.7 Å². The number of hydrogen-bond donors (Lipinski definition) is 1. The van der Waals surface area contributed by atoms with Gasteiger partial charge in [-0.1, -0.05) is 12.2 Å². The van der Waals surface area contributed by atoms with E-state index in [2.05, 4.69) is 0 Å². The Labute approximate surface area is 119 Å². The molecule has 0 aliphatic rings. The fraction of sp³-hybridized carbons (Fsp3) is 0.0714. The summed E-state index contributed by atoms with van der Waals surface area (Å²) in [5, 5.41) is 0. The average Bonchev–Trinajstić information content (AvgIpc) is 2.39. The Morgan fingerprint density at radius 3 is 2.40 bits per heavy atom. The average molecular weight is 297 g/mol. The van der Waals surface area contributed by atoms with E-state index in [0.29, 0.717) is 11.1 Å². The van der Waals surface area contributed by atoms with Crippen molar-refractivity contribution in [1.82, 2.24) is 0 Å². The third-order valence-corrected chi connectivity index (χ3v) is 2.83. The molecule has 0 aliphatic heterocycles. The number of nitrogens with two attached hydrogens (primary N) is 1. The molecule has 2 aromatic carbocycles. The highest BCUT2D eigenvalue weighted by atomic mass is 32.1. The lowest BCUT2D eigenvalue weighted by atomic mass is 10.1. The number of halogens is 3. The maximum atomic E-state index is 13.4. The Bertz CT molecular complexity index is 661. The molecule has 2 nitrogen and oxygen atoms in total. The van der Waals surface area contributed by atoms with Crippen LogP contribution in [-0.2, 0) is 6.61 Å². The minimum atomic E-state index is -0.709. The summed E-state index contributed by atoms with van der Waals surface area (Å²) in [6.07, 6.45) is 0. The van der Waals surface area contributed by atoms with E-state index >= 15 is 0 Å². The third kappa shape index (κ3) is 3.27. The van der Waals surface area contributed by atoms with Crippen LogP contribution in [0.4, 0.5) is 13.2 Å². The van der Waals surface area contributed by atoms with Crippen LogP contribution < -0.4 is 10.5 Å². The Kier molecular flexibility index (Phi) is 4.24. The molecule has 20 heavy (non-hydrogen) atoms. The topological polar surface area (TPSA) is 35.2 Å². The van der Waals surface area contributed by atoms with Gasteiger partial charge in [-0.15, -0.1) is 0 Å². The van der Waals surface area contributed by atoms with Crippen LogP contribution in [-0.4, -0.2) is 4.99 Å². The molecule has 0 aliphatic carbocycles. The highest BCUT2D eigenvalue weighted by Crippen LogP contribution is 2.20.